The number of fused-ring (bicyclic) bond motifs is 6. The molecule has 0 atom stereocenters. The number of aromatic nitrogens is 1. The molecule has 0 bridgehead atoms. The highest BCUT2D eigenvalue weighted by Crippen LogP contribution is 2.53. The topological polar surface area (TPSA) is 17.0 Å². The molecule has 2 heteroatoms. The van der Waals surface area contributed by atoms with Crippen LogP contribution < -0.4 is 5.32 Å². The standard InChI is InChI=1S/C47H38N2/c1-47(2)42-21-11-10-19-39(42)40(43(47)29-32-13-4-3-5-14-32)20-12-28-48-36-24-26-41-45(31-36)49(37-25-22-33-15-6-7-17-35(33)30-37)44-27-23-34-16-8-9-18-38(34)46(41)44/h3-9,11-18,20-31,48H,10,19H2,1-2H3/b28-12+,40-20-,43-29+. The van der Waals surface area contributed by atoms with Crippen LogP contribution in [0.25, 0.3) is 55.1 Å². The highest BCUT2D eigenvalue weighted by atomic mass is 15.0. The van der Waals surface area contributed by atoms with Crippen molar-refractivity contribution in [1.29, 1.82) is 0 Å². The van der Waals surface area contributed by atoms with Crippen LogP contribution in [0.5, 0.6) is 0 Å². The third kappa shape index (κ3) is 4.95. The van der Waals surface area contributed by atoms with E-state index in [4.69, 9.17) is 0 Å². The first-order chi connectivity index (χ1) is 24.1. The van der Waals surface area contributed by atoms with Gasteiger partial charge in [-0.2, -0.15) is 0 Å². The van der Waals surface area contributed by atoms with E-state index in [-0.39, 0.29) is 5.41 Å². The summed E-state index contributed by atoms with van der Waals surface area (Å²) in [6.45, 7) is 4.73. The Morgan fingerprint density at radius 3 is 2.35 bits per heavy atom. The van der Waals surface area contributed by atoms with Gasteiger partial charge in [0.15, 0.2) is 0 Å². The first kappa shape index (κ1) is 29.3. The van der Waals surface area contributed by atoms with Gasteiger partial charge in [-0.3, -0.25) is 0 Å². The van der Waals surface area contributed by atoms with Gasteiger partial charge in [-0.25, -0.2) is 0 Å². The molecular formula is C47H38N2. The van der Waals surface area contributed by atoms with Crippen molar-refractivity contribution in [2.24, 2.45) is 5.41 Å². The van der Waals surface area contributed by atoms with E-state index in [0.717, 1.165) is 18.5 Å². The Kier molecular flexibility index (Phi) is 6.98. The lowest BCUT2D eigenvalue weighted by atomic mass is 9.79. The smallest absolute Gasteiger partial charge is 0.0561 e. The molecule has 9 rings (SSSR count). The number of rotatable bonds is 5. The molecule has 6 aromatic carbocycles. The predicted molar refractivity (Wildman–Crippen MR) is 210 cm³/mol. The predicted octanol–water partition coefficient (Wildman–Crippen LogP) is 12.7. The Hall–Kier alpha value is -5.86. The monoisotopic (exact) mass is 630 g/mol. The molecule has 1 heterocycles. The summed E-state index contributed by atoms with van der Waals surface area (Å²) in [7, 11) is 0. The number of anilines is 1. The molecule has 2 aliphatic rings. The van der Waals surface area contributed by atoms with Crippen molar-refractivity contribution in [1.82, 2.24) is 4.57 Å². The molecule has 0 saturated heterocycles. The molecule has 1 aromatic heterocycles. The number of hydrogen-bond acceptors (Lipinski definition) is 1. The van der Waals surface area contributed by atoms with Gasteiger partial charge in [-0.1, -0.05) is 135 Å². The van der Waals surface area contributed by atoms with Crippen molar-refractivity contribution >= 4 is 55.1 Å². The lowest BCUT2D eigenvalue weighted by Crippen LogP contribution is -2.12. The molecule has 1 N–H and O–H groups in total. The second-order valence-corrected chi connectivity index (χ2v) is 13.8. The largest absolute Gasteiger partial charge is 0.362 e. The summed E-state index contributed by atoms with van der Waals surface area (Å²) in [5, 5.41) is 11.2. The maximum Gasteiger partial charge on any atom is 0.0561 e. The minimum Gasteiger partial charge on any atom is -0.362 e. The first-order valence-electron chi connectivity index (χ1n) is 17.3. The van der Waals surface area contributed by atoms with Crippen LogP contribution in [0.4, 0.5) is 5.69 Å². The fourth-order valence-electron chi connectivity index (χ4n) is 8.10. The third-order valence-corrected chi connectivity index (χ3v) is 10.5. The van der Waals surface area contributed by atoms with Crippen molar-refractivity contribution in [3.05, 3.63) is 186 Å². The van der Waals surface area contributed by atoms with Gasteiger partial charge in [0.25, 0.3) is 0 Å². The molecule has 236 valence electrons. The first-order valence-corrected chi connectivity index (χ1v) is 17.3. The third-order valence-electron chi connectivity index (χ3n) is 10.5. The molecule has 0 radical (unpaired) electrons. The summed E-state index contributed by atoms with van der Waals surface area (Å²) in [6, 6.07) is 46.1. The van der Waals surface area contributed by atoms with E-state index in [9.17, 15) is 0 Å². The zero-order valence-electron chi connectivity index (χ0n) is 27.9. The molecule has 0 amide bonds. The summed E-state index contributed by atoms with van der Waals surface area (Å²) >= 11 is 0. The van der Waals surface area contributed by atoms with Gasteiger partial charge in [0, 0.05) is 33.8 Å². The van der Waals surface area contributed by atoms with E-state index in [0.29, 0.717) is 0 Å². The van der Waals surface area contributed by atoms with Crippen molar-refractivity contribution in [2.45, 2.75) is 26.7 Å². The van der Waals surface area contributed by atoms with Crippen molar-refractivity contribution in [3.8, 4) is 5.69 Å². The Morgan fingerprint density at radius 2 is 1.47 bits per heavy atom. The van der Waals surface area contributed by atoms with Crippen LogP contribution in [0.2, 0.25) is 0 Å². The molecule has 2 aliphatic carbocycles. The van der Waals surface area contributed by atoms with Crippen LogP contribution in [0, 0.1) is 5.41 Å². The summed E-state index contributed by atoms with van der Waals surface area (Å²) in [5.74, 6) is 0. The van der Waals surface area contributed by atoms with Gasteiger partial charge in [0.05, 0.1) is 11.0 Å². The summed E-state index contributed by atoms with van der Waals surface area (Å²) in [6.07, 6.45) is 15.8. The Balaban J connectivity index is 1.13. The Labute approximate surface area is 287 Å². The number of nitrogens with zero attached hydrogens (tertiary/aromatic N) is 1. The Morgan fingerprint density at radius 1 is 0.694 bits per heavy atom. The molecule has 0 aliphatic heterocycles. The van der Waals surface area contributed by atoms with Gasteiger partial charge < -0.3 is 9.88 Å². The summed E-state index contributed by atoms with van der Waals surface area (Å²) in [5.41, 5.74) is 11.5. The summed E-state index contributed by atoms with van der Waals surface area (Å²) in [4.78, 5) is 0. The molecule has 49 heavy (non-hydrogen) atoms. The van der Waals surface area contributed by atoms with Crippen molar-refractivity contribution < 1.29 is 0 Å². The molecular weight excluding hydrogens is 593 g/mol. The molecule has 7 aromatic rings. The van der Waals surface area contributed by atoms with Gasteiger partial charge in [0.2, 0.25) is 0 Å². The van der Waals surface area contributed by atoms with Crippen LogP contribution >= 0.6 is 0 Å². The second kappa shape index (κ2) is 11.7. The average Bonchev–Trinajstić information content (AvgIpc) is 3.58. The number of nitrogens with one attached hydrogen (secondary N) is 1. The fourth-order valence-corrected chi connectivity index (χ4v) is 8.10. The zero-order chi connectivity index (χ0) is 33.0. The van der Waals surface area contributed by atoms with E-state index < -0.39 is 0 Å². The van der Waals surface area contributed by atoms with Crippen molar-refractivity contribution in [3.63, 3.8) is 0 Å². The molecule has 0 saturated carbocycles. The molecule has 2 nitrogen and oxygen atoms in total. The van der Waals surface area contributed by atoms with Crippen LogP contribution in [-0.2, 0) is 0 Å². The maximum absolute atomic E-state index is 3.62. The average molecular weight is 631 g/mol. The van der Waals surface area contributed by atoms with Crippen LogP contribution in [0.3, 0.4) is 0 Å². The minimum atomic E-state index is -0.0411. The van der Waals surface area contributed by atoms with E-state index in [1.54, 1.807) is 0 Å². The zero-order valence-corrected chi connectivity index (χ0v) is 27.9. The molecule has 0 unspecified atom stereocenters. The van der Waals surface area contributed by atoms with Crippen molar-refractivity contribution in [2.75, 3.05) is 5.32 Å². The fraction of sp³-hybridized carbons (Fsp3) is 0.106. The van der Waals surface area contributed by atoms with E-state index >= 15 is 0 Å². The van der Waals surface area contributed by atoms with Gasteiger partial charge in [-0.15, -0.1) is 0 Å². The number of hydrogen-bond donors (Lipinski definition) is 1. The number of benzene rings is 6. The van der Waals surface area contributed by atoms with Gasteiger partial charge in [0.1, 0.15) is 0 Å². The lowest BCUT2D eigenvalue weighted by molar-refractivity contribution is 0.579. The Bertz CT molecular complexity index is 2580. The lowest BCUT2D eigenvalue weighted by Gasteiger charge is -2.24. The van der Waals surface area contributed by atoms with Gasteiger partial charge >= 0.3 is 0 Å². The molecule has 0 spiro atoms. The number of allylic oxidation sites excluding steroid dienone is 8. The minimum absolute atomic E-state index is 0.0411. The highest BCUT2D eigenvalue weighted by molar-refractivity contribution is 6.21. The summed E-state index contributed by atoms with van der Waals surface area (Å²) < 4.78 is 2.42. The van der Waals surface area contributed by atoms with E-state index in [1.807, 2.05) is 0 Å². The highest BCUT2D eigenvalue weighted by Gasteiger charge is 2.39. The van der Waals surface area contributed by atoms with Gasteiger partial charge in [-0.05, 0) is 98.7 Å². The quantitative estimate of drug-likeness (QED) is 0.200. The SMILES string of the molecule is CC1(C)C2=C(CCC=C2)C(=C/C=C/Nc2ccc3c4c5ccccc5ccc4n(-c4ccc5ccccc5c4)c3c2)/C1=C\c1ccccc1. The van der Waals surface area contributed by atoms with Crippen LogP contribution in [-0.4, -0.2) is 4.57 Å². The second-order valence-electron chi connectivity index (χ2n) is 13.8. The van der Waals surface area contributed by atoms with Crippen LogP contribution in [0.1, 0.15) is 32.3 Å². The maximum atomic E-state index is 3.62. The molecule has 0 fully saturated rings. The van der Waals surface area contributed by atoms with E-state index in [1.165, 1.54) is 76.9 Å². The van der Waals surface area contributed by atoms with E-state index in [2.05, 4.69) is 188 Å². The normalized spacial score (nSPS) is 17.4. The van der Waals surface area contributed by atoms with Crippen LogP contribution in [0.15, 0.2) is 180 Å².